The first-order chi connectivity index (χ1) is 11.9. The number of benzene rings is 1. The predicted octanol–water partition coefficient (Wildman–Crippen LogP) is 1.47. The smallest absolute Gasteiger partial charge is 0.374 e. The molecule has 2 rings (SSSR count). The minimum Gasteiger partial charge on any atom is -0.450 e. The van der Waals surface area contributed by atoms with Crippen molar-refractivity contribution in [3.8, 4) is 11.3 Å². The molecule has 2 aromatic rings. The molecular weight excluding hydrogens is 334 g/mol. The molecule has 0 unspecified atom stereocenters. The number of furan rings is 1. The number of imide groups is 1. The number of carbonyl (C=O) groups excluding carboxylic acids is 3. The van der Waals surface area contributed by atoms with Gasteiger partial charge in [-0.3, -0.25) is 20.2 Å². The van der Waals surface area contributed by atoms with Gasteiger partial charge in [-0.05, 0) is 24.3 Å². The van der Waals surface area contributed by atoms with Crippen LogP contribution in [-0.2, 0) is 9.53 Å². The summed E-state index contributed by atoms with van der Waals surface area (Å²) in [4.78, 5) is 44.1. The molecule has 0 aliphatic heterocycles. The quantitative estimate of drug-likeness (QED) is 0.474. The van der Waals surface area contributed by atoms with Gasteiger partial charge in [0.1, 0.15) is 5.76 Å². The minimum absolute atomic E-state index is 0.0722. The van der Waals surface area contributed by atoms with Crippen molar-refractivity contribution >= 4 is 23.6 Å². The van der Waals surface area contributed by atoms with E-state index in [0.717, 1.165) is 0 Å². The number of hydrogen-bond donors (Lipinski definition) is 2. The van der Waals surface area contributed by atoms with Crippen LogP contribution in [0.3, 0.4) is 0 Å². The fraction of sp³-hybridized carbons (Fsp3) is 0.133. The molecule has 10 heteroatoms. The molecule has 0 atom stereocenters. The lowest BCUT2D eigenvalue weighted by molar-refractivity contribution is -0.384. The van der Waals surface area contributed by atoms with Crippen LogP contribution >= 0.6 is 0 Å². The standard InChI is InChI=1S/C15H13N3O7/c1-16-15(21)17-13(19)8-24-14(20)12-7-6-11(25-12)9-2-4-10(5-3-9)18(22)23/h2-7H,8H2,1H3,(H2,16,17,19,21). The van der Waals surface area contributed by atoms with Gasteiger partial charge in [0.05, 0.1) is 4.92 Å². The molecule has 130 valence electrons. The van der Waals surface area contributed by atoms with E-state index in [1.165, 1.54) is 43.4 Å². The van der Waals surface area contributed by atoms with E-state index >= 15 is 0 Å². The van der Waals surface area contributed by atoms with Crippen molar-refractivity contribution < 1.29 is 28.5 Å². The number of nitro groups is 1. The highest BCUT2D eigenvalue weighted by atomic mass is 16.6. The second-order valence-electron chi connectivity index (χ2n) is 4.67. The molecule has 10 nitrogen and oxygen atoms in total. The third-order valence-corrected chi connectivity index (χ3v) is 2.98. The van der Waals surface area contributed by atoms with Crippen LogP contribution < -0.4 is 10.6 Å². The molecule has 0 radical (unpaired) electrons. The Morgan fingerprint density at radius 1 is 1.16 bits per heavy atom. The Morgan fingerprint density at radius 3 is 2.44 bits per heavy atom. The van der Waals surface area contributed by atoms with Crippen molar-refractivity contribution in [3.05, 3.63) is 52.3 Å². The number of nitro benzene ring substituents is 1. The maximum absolute atomic E-state index is 11.8. The van der Waals surface area contributed by atoms with E-state index in [0.29, 0.717) is 11.3 Å². The van der Waals surface area contributed by atoms with Crippen molar-refractivity contribution in [3.63, 3.8) is 0 Å². The van der Waals surface area contributed by atoms with Crippen LogP contribution in [0.25, 0.3) is 11.3 Å². The number of nitrogens with one attached hydrogen (secondary N) is 2. The van der Waals surface area contributed by atoms with Gasteiger partial charge in [-0.2, -0.15) is 0 Å². The molecular formula is C15H13N3O7. The topological polar surface area (TPSA) is 141 Å². The maximum Gasteiger partial charge on any atom is 0.374 e. The first kappa shape index (κ1) is 17.7. The van der Waals surface area contributed by atoms with Gasteiger partial charge in [0, 0.05) is 24.7 Å². The number of urea groups is 1. The van der Waals surface area contributed by atoms with Gasteiger partial charge in [0.25, 0.3) is 11.6 Å². The van der Waals surface area contributed by atoms with Crippen LogP contribution in [0, 0.1) is 10.1 Å². The highest BCUT2D eigenvalue weighted by Gasteiger charge is 2.16. The third kappa shape index (κ3) is 4.64. The second kappa shape index (κ2) is 7.73. The number of non-ortho nitro benzene ring substituents is 1. The van der Waals surface area contributed by atoms with E-state index in [-0.39, 0.29) is 11.4 Å². The largest absolute Gasteiger partial charge is 0.450 e. The molecule has 0 saturated carbocycles. The number of rotatable bonds is 5. The van der Waals surface area contributed by atoms with Gasteiger partial charge >= 0.3 is 12.0 Å². The van der Waals surface area contributed by atoms with Crippen LogP contribution in [0.15, 0.2) is 40.8 Å². The number of carbonyl (C=O) groups is 3. The average molecular weight is 347 g/mol. The van der Waals surface area contributed by atoms with Gasteiger partial charge in [0.15, 0.2) is 6.61 Å². The molecule has 0 saturated heterocycles. The number of ether oxygens (including phenoxy) is 1. The van der Waals surface area contributed by atoms with Gasteiger partial charge < -0.3 is 14.5 Å². The minimum atomic E-state index is -0.889. The van der Waals surface area contributed by atoms with Crippen LogP contribution in [0.2, 0.25) is 0 Å². The monoisotopic (exact) mass is 347 g/mol. The molecule has 0 spiro atoms. The summed E-state index contributed by atoms with van der Waals surface area (Å²) in [6.45, 7) is -0.653. The molecule has 1 aromatic heterocycles. The zero-order chi connectivity index (χ0) is 18.4. The summed E-state index contributed by atoms with van der Waals surface area (Å²) in [5.74, 6) is -1.53. The van der Waals surface area contributed by atoms with Crippen LogP contribution in [0.5, 0.6) is 0 Å². The van der Waals surface area contributed by atoms with Crippen LogP contribution in [0.4, 0.5) is 10.5 Å². The van der Waals surface area contributed by atoms with Crippen LogP contribution in [-0.4, -0.2) is 36.5 Å². The number of esters is 1. The van der Waals surface area contributed by atoms with Gasteiger partial charge in [-0.25, -0.2) is 9.59 Å². The first-order valence-corrected chi connectivity index (χ1v) is 6.94. The first-order valence-electron chi connectivity index (χ1n) is 6.94. The normalized spacial score (nSPS) is 9.96. The Kier molecular flexibility index (Phi) is 5.46. The molecule has 0 fully saturated rings. The van der Waals surface area contributed by atoms with Crippen molar-refractivity contribution in [2.24, 2.45) is 0 Å². The molecule has 1 aromatic carbocycles. The third-order valence-electron chi connectivity index (χ3n) is 2.98. The number of hydrogen-bond acceptors (Lipinski definition) is 7. The van der Waals surface area contributed by atoms with Gasteiger partial charge in [-0.1, -0.05) is 0 Å². The summed E-state index contributed by atoms with van der Waals surface area (Å²) in [6, 6.07) is 7.67. The van der Waals surface area contributed by atoms with E-state index in [4.69, 9.17) is 9.15 Å². The Hall–Kier alpha value is -3.69. The fourth-order valence-electron chi connectivity index (χ4n) is 1.78. The van der Waals surface area contributed by atoms with Crippen LogP contribution in [0.1, 0.15) is 10.6 Å². The van der Waals surface area contributed by atoms with E-state index in [1.807, 2.05) is 5.32 Å². The average Bonchev–Trinajstić information content (AvgIpc) is 3.09. The van der Waals surface area contributed by atoms with Crippen molar-refractivity contribution in [1.29, 1.82) is 0 Å². The Labute approximate surface area is 140 Å². The summed E-state index contributed by atoms with van der Waals surface area (Å²) in [7, 11) is 1.33. The molecule has 1 heterocycles. The number of amides is 3. The lowest BCUT2D eigenvalue weighted by atomic mass is 10.1. The molecule has 25 heavy (non-hydrogen) atoms. The van der Waals surface area contributed by atoms with Gasteiger partial charge in [-0.15, -0.1) is 0 Å². The van der Waals surface area contributed by atoms with E-state index in [9.17, 15) is 24.5 Å². The predicted molar refractivity (Wildman–Crippen MR) is 83.7 cm³/mol. The summed E-state index contributed by atoms with van der Waals surface area (Å²) < 4.78 is 10.0. The summed E-state index contributed by atoms with van der Waals surface area (Å²) in [6.07, 6.45) is 0. The summed E-state index contributed by atoms with van der Waals surface area (Å²) in [5, 5.41) is 14.7. The molecule has 3 amide bonds. The number of nitrogens with zero attached hydrogens (tertiary/aromatic N) is 1. The van der Waals surface area contributed by atoms with Gasteiger partial charge in [0.2, 0.25) is 5.76 Å². The highest BCUT2D eigenvalue weighted by Crippen LogP contribution is 2.24. The molecule has 0 bridgehead atoms. The SMILES string of the molecule is CNC(=O)NC(=O)COC(=O)c1ccc(-c2ccc([N+](=O)[O-])cc2)o1. The second-order valence-corrected chi connectivity index (χ2v) is 4.67. The molecule has 2 N–H and O–H groups in total. The maximum atomic E-state index is 11.8. The fourth-order valence-corrected chi connectivity index (χ4v) is 1.78. The Morgan fingerprint density at radius 2 is 1.84 bits per heavy atom. The zero-order valence-corrected chi connectivity index (χ0v) is 13.0. The van der Waals surface area contributed by atoms with Crippen molar-refractivity contribution in [2.75, 3.05) is 13.7 Å². The van der Waals surface area contributed by atoms with Crippen molar-refractivity contribution in [2.45, 2.75) is 0 Å². The summed E-state index contributed by atoms with van der Waals surface area (Å²) in [5.41, 5.74) is 0.457. The molecule has 0 aliphatic rings. The lowest BCUT2D eigenvalue weighted by Crippen LogP contribution is -2.39. The zero-order valence-electron chi connectivity index (χ0n) is 13.0. The van der Waals surface area contributed by atoms with E-state index < -0.39 is 29.4 Å². The Balaban J connectivity index is 1.98. The summed E-state index contributed by atoms with van der Waals surface area (Å²) >= 11 is 0. The highest BCUT2D eigenvalue weighted by molar-refractivity contribution is 5.96. The molecule has 0 aliphatic carbocycles. The Bertz CT molecular complexity index is 811. The van der Waals surface area contributed by atoms with E-state index in [2.05, 4.69) is 5.32 Å². The lowest BCUT2D eigenvalue weighted by Gasteiger charge is -2.03. The van der Waals surface area contributed by atoms with E-state index in [1.54, 1.807) is 0 Å². The van der Waals surface area contributed by atoms with Crippen molar-refractivity contribution in [1.82, 2.24) is 10.6 Å².